The first-order chi connectivity index (χ1) is 9.02. The molecule has 8 heteroatoms. The highest BCUT2D eigenvalue weighted by Crippen LogP contribution is 2.21. The molecule has 0 saturated carbocycles. The number of ether oxygens (including phenoxy) is 1. The Morgan fingerprint density at radius 2 is 2.16 bits per heavy atom. The zero-order chi connectivity index (χ0) is 14.0. The van der Waals surface area contributed by atoms with Gasteiger partial charge in [0.15, 0.2) is 5.13 Å². The summed E-state index contributed by atoms with van der Waals surface area (Å²) in [6.07, 6.45) is 1.35. The van der Waals surface area contributed by atoms with Gasteiger partial charge >= 0.3 is 5.97 Å². The van der Waals surface area contributed by atoms with Crippen molar-refractivity contribution in [2.24, 2.45) is 0 Å². The van der Waals surface area contributed by atoms with Gasteiger partial charge in [-0.1, -0.05) is 16.5 Å². The number of esters is 1. The lowest BCUT2D eigenvalue weighted by molar-refractivity contribution is 0.0606. The van der Waals surface area contributed by atoms with Crippen molar-refractivity contribution in [3.63, 3.8) is 0 Å². The SMILES string of the molecule is COC(=O)c1cnc(NC(=O)c2c(C)noc2C)s1. The Kier molecular flexibility index (Phi) is 3.61. The van der Waals surface area contributed by atoms with Gasteiger partial charge in [0.05, 0.1) is 19.0 Å². The van der Waals surface area contributed by atoms with E-state index in [0.29, 0.717) is 27.0 Å². The van der Waals surface area contributed by atoms with E-state index in [-0.39, 0.29) is 5.91 Å². The normalized spacial score (nSPS) is 10.3. The number of nitrogens with one attached hydrogen (secondary N) is 1. The molecular weight excluding hydrogens is 270 g/mol. The van der Waals surface area contributed by atoms with Crippen molar-refractivity contribution in [2.75, 3.05) is 12.4 Å². The summed E-state index contributed by atoms with van der Waals surface area (Å²) >= 11 is 1.03. The maximum atomic E-state index is 12.0. The summed E-state index contributed by atoms with van der Waals surface area (Å²) in [5.74, 6) is -0.433. The van der Waals surface area contributed by atoms with Crippen LogP contribution in [0.1, 0.15) is 31.5 Å². The molecule has 7 nitrogen and oxygen atoms in total. The third-order valence-electron chi connectivity index (χ3n) is 2.37. The molecule has 2 heterocycles. The lowest BCUT2D eigenvalue weighted by Crippen LogP contribution is -2.13. The third-order valence-corrected chi connectivity index (χ3v) is 3.27. The van der Waals surface area contributed by atoms with Crippen LogP contribution < -0.4 is 5.32 Å². The van der Waals surface area contributed by atoms with Gasteiger partial charge in [0.2, 0.25) is 0 Å². The molecule has 0 aliphatic carbocycles. The van der Waals surface area contributed by atoms with Crippen molar-refractivity contribution in [1.82, 2.24) is 10.1 Å². The summed E-state index contributed by atoms with van der Waals surface area (Å²) in [4.78, 5) is 27.5. The second kappa shape index (κ2) is 5.19. The van der Waals surface area contributed by atoms with E-state index in [0.717, 1.165) is 11.3 Å². The first-order valence-electron chi connectivity index (χ1n) is 5.31. The minimum atomic E-state index is -0.490. The van der Waals surface area contributed by atoms with Crippen molar-refractivity contribution in [3.8, 4) is 0 Å². The standard InChI is InChI=1S/C11H11N3O4S/c1-5-8(6(2)18-14-5)9(15)13-11-12-4-7(19-11)10(16)17-3/h4H,1-3H3,(H,12,13,15). The van der Waals surface area contributed by atoms with Gasteiger partial charge in [-0.05, 0) is 13.8 Å². The molecule has 2 aromatic rings. The average molecular weight is 281 g/mol. The summed E-state index contributed by atoms with van der Waals surface area (Å²) < 4.78 is 9.47. The molecule has 19 heavy (non-hydrogen) atoms. The fourth-order valence-electron chi connectivity index (χ4n) is 1.49. The summed E-state index contributed by atoms with van der Waals surface area (Å²) in [5, 5.41) is 6.60. The number of methoxy groups -OCH3 is 1. The van der Waals surface area contributed by atoms with Gasteiger partial charge in [0.25, 0.3) is 5.91 Å². The highest BCUT2D eigenvalue weighted by molar-refractivity contribution is 7.17. The number of carbonyl (C=O) groups is 2. The van der Waals surface area contributed by atoms with Crippen LogP contribution in [0.4, 0.5) is 5.13 Å². The fourth-order valence-corrected chi connectivity index (χ4v) is 2.22. The number of amides is 1. The van der Waals surface area contributed by atoms with Gasteiger partial charge < -0.3 is 9.26 Å². The van der Waals surface area contributed by atoms with E-state index in [9.17, 15) is 9.59 Å². The van der Waals surface area contributed by atoms with Gasteiger partial charge in [-0.15, -0.1) is 0 Å². The van der Waals surface area contributed by atoms with E-state index in [4.69, 9.17) is 4.52 Å². The molecule has 0 fully saturated rings. The molecule has 1 N–H and O–H groups in total. The van der Waals surface area contributed by atoms with E-state index < -0.39 is 5.97 Å². The molecular formula is C11H11N3O4S. The summed E-state index contributed by atoms with van der Waals surface area (Å²) in [6.45, 7) is 3.32. The van der Waals surface area contributed by atoms with Crippen molar-refractivity contribution >= 4 is 28.3 Å². The topological polar surface area (TPSA) is 94.3 Å². The molecule has 0 unspecified atom stereocenters. The molecule has 0 aliphatic heterocycles. The van der Waals surface area contributed by atoms with E-state index in [1.807, 2.05) is 0 Å². The molecule has 0 atom stereocenters. The lowest BCUT2D eigenvalue weighted by Gasteiger charge is -1.99. The first-order valence-corrected chi connectivity index (χ1v) is 6.13. The molecule has 1 amide bonds. The molecule has 0 aliphatic rings. The Labute approximate surface area is 112 Å². The molecule has 0 spiro atoms. The van der Waals surface area contributed by atoms with E-state index in [2.05, 4.69) is 20.2 Å². The maximum absolute atomic E-state index is 12.0. The zero-order valence-corrected chi connectivity index (χ0v) is 11.3. The number of nitrogens with zero attached hydrogens (tertiary/aromatic N) is 2. The second-order valence-corrected chi connectivity index (χ2v) is 4.71. The smallest absolute Gasteiger partial charge is 0.349 e. The Morgan fingerprint density at radius 1 is 1.42 bits per heavy atom. The molecule has 0 saturated heterocycles. The first kappa shape index (κ1) is 13.2. The fraction of sp³-hybridized carbons (Fsp3) is 0.273. The highest BCUT2D eigenvalue weighted by Gasteiger charge is 2.19. The maximum Gasteiger partial charge on any atom is 0.349 e. The predicted octanol–water partition coefficient (Wildman–Crippen LogP) is 1.79. The predicted molar refractivity (Wildman–Crippen MR) is 67.4 cm³/mol. The van der Waals surface area contributed by atoms with Gasteiger partial charge in [-0.25, -0.2) is 9.78 Å². The van der Waals surface area contributed by atoms with E-state index in [1.165, 1.54) is 13.3 Å². The van der Waals surface area contributed by atoms with Crippen LogP contribution in [0.15, 0.2) is 10.7 Å². The van der Waals surface area contributed by atoms with Crippen LogP contribution in [-0.2, 0) is 4.74 Å². The van der Waals surface area contributed by atoms with Crippen LogP contribution in [0.2, 0.25) is 0 Å². The van der Waals surface area contributed by atoms with Crippen LogP contribution in [-0.4, -0.2) is 29.1 Å². The molecule has 0 bridgehead atoms. The van der Waals surface area contributed by atoms with Crippen LogP contribution in [0.5, 0.6) is 0 Å². The Morgan fingerprint density at radius 3 is 2.74 bits per heavy atom. The van der Waals surface area contributed by atoms with Crippen LogP contribution in [0, 0.1) is 13.8 Å². The highest BCUT2D eigenvalue weighted by atomic mass is 32.1. The number of rotatable bonds is 3. The zero-order valence-electron chi connectivity index (χ0n) is 10.5. The number of carbonyl (C=O) groups excluding carboxylic acids is 2. The minimum Gasteiger partial charge on any atom is -0.465 e. The van der Waals surface area contributed by atoms with Crippen molar-refractivity contribution in [3.05, 3.63) is 28.1 Å². The summed E-state index contributed by atoms with van der Waals surface area (Å²) in [5.41, 5.74) is 0.870. The van der Waals surface area contributed by atoms with E-state index >= 15 is 0 Å². The Bertz CT molecular complexity index is 612. The minimum absolute atomic E-state index is 0.311. The molecule has 2 aromatic heterocycles. The molecule has 0 aromatic carbocycles. The summed E-state index contributed by atoms with van der Waals surface area (Å²) in [7, 11) is 1.28. The van der Waals surface area contributed by atoms with Crippen molar-refractivity contribution < 1.29 is 18.8 Å². The monoisotopic (exact) mass is 281 g/mol. The average Bonchev–Trinajstić information content (AvgIpc) is 2.96. The Hall–Kier alpha value is -2.22. The van der Waals surface area contributed by atoms with Gasteiger partial charge in [-0.2, -0.15) is 0 Å². The number of hydrogen-bond acceptors (Lipinski definition) is 7. The van der Waals surface area contributed by atoms with Crippen LogP contribution >= 0.6 is 11.3 Å². The van der Waals surface area contributed by atoms with Gasteiger partial charge in [0, 0.05) is 0 Å². The third kappa shape index (κ3) is 2.63. The number of aryl methyl sites for hydroxylation is 2. The Balaban J connectivity index is 2.16. The van der Waals surface area contributed by atoms with Crippen molar-refractivity contribution in [1.29, 1.82) is 0 Å². The van der Waals surface area contributed by atoms with Gasteiger partial charge in [-0.3, -0.25) is 10.1 Å². The van der Waals surface area contributed by atoms with Crippen LogP contribution in [0.3, 0.4) is 0 Å². The number of thiazole rings is 1. The van der Waals surface area contributed by atoms with E-state index in [1.54, 1.807) is 13.8 Å². The number of aromatic nitrogens is 2. The second-order valence-electron chi connectivity index (χ2n) is 3.67. The molecule has 0 radical (unpaired) electrons. The quantitative estimate of drug-likeness (QED) is 0.862. The summed E-state index contributed by atoms with van der Waals surface area (Å²) in [6, 6.07) is 0. The largest absolute Gasteiger partial charge is 0.465 e. The van der Waals surface area contributed by atoms with Crippen LogP contribution in [0.25, 0.3) is 0 Å². The lowest BCUT2D eigenvalue weighted by atomic mass is 10.2. The number of hydrogen-bond donors (Lipinski definition) is 1. The van der Waals surface area contributed by atoms with Crippen molar-refractivity contribution in [2.45, 2.75) is 13.8 Å². The van der Waals surface area contributed by atoms with Gasteiger partial charge in [0.1, 0.15) is 16.2 Å². The molecule has 2 rings (SSSR count). The number of anilines is 1. The molecule has 100 valence electrons.